The molecule has 0 amide bonds. The quantitative estimate of drug-likeness (QED) is 0.803. The number of sulfonamides is 1. The lowest BCUT2D eigenvalue weighted by Crippen LogP contribution is -2.33. The number of halogens is 2. The Balaban J connectivity index is 1.87. The SMILES string of the molecule is CN1Cc2c(Cl)cc(Cl)cc2C(c2ccc3c(c2)S(=O)(=O)NCC3)C1. The van der Waals surface area contributed by atoms with E-state index in [9.17, 15) is 8.42 Å². The first-order chi connectivity index (χ1) is 11.8. The van der Waals surface area contributed by atoms with Crippen molar-refractivity contribution in [1.82, 2.24) is 9.62 Å². The molecule has 132 valence electrons. The van der Waals surface area contributed by atoms with Gasteiger partial charge in [0.1, 0.15) is 0 Å². The van der Waals surface area contributed by atoms with Gasteiger partial charge in [-0.05, 0) is 53.9 Å². The van der Waals surface area contributed by atoms with Gasteiger partial charge < -0.3 is 4.90 Å². The van der Waals surface area contributed by atoms with Gasteiger partial charge in [0.25, 0.3) is 0 Å². The molecule has 1 N–H and O–H groups in total. The van der Waals surface area contributed by atoms with E-state index >= 15 is 0 Å². The Labute approximate surface area is 157 Å². The summed E-state index contributed by atoms with van der Waals surface area (Å²) < 4.78 is 27.3. The predicted octanol–water partition coefficient (Wildman–Crippen LogP) is 3.41. The van der Waals surface area contributed by atoms with Crippen molar-refractivity contribution in [1.29, 1.82) is 0 Å². The third kappa shape index (κ3) is 3.09. The van der Waals surface area contributed by atoms with Crippen molar-refractivity contribution in [3.05, 3.63) is 62.6 Å². The topological polar surface area (TPSA) is 49.4 Å². The molecule has 1 atom stereocenters. The summed E-state index contributed by atoms with van der Waals surface area (Å²) in [4.78, 5) is 2.58. The second-order valence-electron chi connectivity index (χ2n) is 6.72. The summed E-state index contributed by atoms with van der Waals surface area (Å²) in [6.07, 6.45) is 0.716. The van der Waals surface area contributed by atoms with Crippen molar-refractivity contribution in [3.63, 3.8) is 0 Å². The highest BCUT2D eigenvalue weighted by Crippen LogP contribution is 2.39. The average molecular weight is 397 g/mol. The molecule has 25 heavy (non-hydrogen) atoms. The maximum Gasteiger partial charge on any atom is 0.240 e. The minimum Gasteiger partial charge on any atom is -0.301 e. The van der Waals surface area contributed by atoms with E-state index in [2.05, 4.69) is 9.62 Å². The Morgan fingerprint density at radius 3 is 2.80 bits per heavy atom. The van der Waals surface area contributed by atoms with Gasteiger partial charge in [-0.2, -0.15) is 0 Å². The fraction of sp³-hybridized carbons (Fsp3) is 0.333. The zero-order valence-corrected chi connectivity index (χ0v) is 16.0. The minimum atomic E-state index is -3.43. The number of nitrogens with one attached hydrogen (secondary N) is 1. The molecular weight excluding hydrogens is 379 g/mol. The lowest BCUT2D eigenvalue weighted by Gasteiger charge is -2.34. The summed E-state index contributed by atoms with van der Waals surface area (Å²) >= 11 is 12.6. The van der Waals surface area contributed by atoms with Crippen LogP contribution in [0.25, 0.3) is 0 Å². The zero-order valence-electron chi connectivity index (χ0n) is 13.7. The maximum atomic E-state index is 12.4. The van der Waals surface area contributed by atoms with E-state index in [1.165, 1.54) is 0 Å². The summed E-state index contributed by atoms with van der Waals surface area (Å²) in [6.45, 7) is 2.00. The van der Waals surface area contributed by atoms with Gasteiger partial charge in [0.15, 0.2) is 0 Å². The molecule has 0 spiro atoms. The molecule has 4 nitrogen and oxygen atoms in total. The summed E-state index contributed by atoms with van der Waals surface area (Å²) in [7, 11) is -1.39. The van der Waals surface area contributed by atoms with Crippen molar-refractivity contribution < 1.29 is 8.42 Å². The summed E-state index contributed by atoms with van der Waals surface area (Å²) in [5.41, 5.74) is 3.98. The van der Waals surface area contributed by atoms with E-state index in [4.69, 9.17) is 23.2 Å². The fourth-order valence-corrected chi connectivity index (χ4v) is 5.67. The molecule has 0 saturated heterocycles. The highest BCUT2D eigenvalue weighted by Gasteiger charge is 2.29. The van der Waals surface area contributed by atoms with Crippen molar-refractivity contribution >= 4 is 33.2 Å². The van der Waals surface area contributed by atoms with Crippen LogP contribution in [-0.4, -0.2) is 33.5 Å². The summed E-state index contributed by atoms with van der Waals surface area (Å²) in [5, 5.41) is 1.26. The molecule has 0 aliphatic carbocycles. The molecule has 1 unspecified atom stereocenters. The van der Waals surface area contributed by atoms with Gasteiger partial charge >= 0.3 is 0 Å². The second-order valence-corrected chi connectivity index (χ2v) is 9.30. The molecular formula is C18H18Cl2N2O2S. The van der Waals surface area contributed by atoms with Gasteiger partial charge in [0, 0.05) is 35.6 Å². The number of likely N-dealkylation sites (N-methyl/N-ethyl adjacent to an activating group) is 1. The highest BCUT2D eigenvalue weighted by molar-refractivity contribution is 7.89. The molecule has 2 aromatic carbocycles. The van der Waals surface area contributed by atoms with E-state index in [1.807, 2.05) is 25.2 Å². The van der Waals surface area contributed by atoms with E-state index in [1.54, 1.807) is 12.1 Å². The van der Waals surface area contributed by atoms with Crippen LogP contribution in [0.5, 0.6) is 0 Å². The minimum absolute atomic E-state index is 0.0346. The molecule has 0 bridgehead atoms. The van der Waals surface area contributed by atoms with Crippen LogP contribution in [0, 0.1) is 0 Å². The lowest BCUT2D eigenvalue weighted by molar-refractivity contribution is 0.295. The molecule has 0 fully saturated rings. The monoisotopic (exact) mass is 396 g/mol. The van der Waals surface area contributed by atoms with Crippen molar-refractivity contribution in [3.8, 4) is 0 Å². The second kappa shape index (κ2) is 6.25. The largest absolute Gasteiger partial charge is 0.301 e. The van der Waals surface area contributed by atoms with Crippen molar-refractivity contribution in [2.45, 2.75) is 23.8 Å². The molecule has 2 aromatic rings. The third-order valence-corrected chi connectivity index (χ3v) is 7.06. The van der Waals surface area contributed by atoms with Crippen LogP contribution in [0.3, 0.4) is 0 Å². The highest BCUT2D eigenvalue weighted by atomic mass is 35.5. The molecule has 0 radical (unpaired) electrons. The van der Waals surface area contributed by atoms with Crippen LogP contribution >= 0.6 is 23.2 Å². The lowest BCUT2D eigenvalue weighted by atomic mass is 9.84. The van der Waals surface area contributed by atoms with Gasteiger partial charge in [-0.25, -0.2) is 13.1 Å². The maximum absolute atomic E-state index is 12.4. The van der Waals surface area contributed by atoms with E-state index < -0.39 is 10.0 Å². The number of benzene rings is 2. The molecule has 2 aliphatic heterocycles. The Morgan fingerprint density at radius 1 is 1.20 bits per heavy atom. The van der Waals surface area contributed by atoms with Crippen LogP contribution in [0.1, 0.15) is 28.2 Å². The molecule has 2 aliphatic rings. The number of fused-ring (bicyclic) bond motifs is 2. The third-order valence-electron chi connectivity index (χ3n) is 4.96. The number of rotatable bonds is 1. The van der Waals surface area contributed by atoms with Crippen LogP contribution in [-0.2, 0) is 23.0 Å². The summed E-state index contributed by atoms with van der Waals surface area (Å²) in [6, 6.07) is 9.48. The molecule has 2 heterocycles. The normalized spacial score (nSPS) is 22.3. The fourth-order valence-electron chi connectivity index (χ4n) is 3.77. The first-order valence-corrected chi connectivity index (χ1v) is 10.4. The number of hydrogen-bond donors (Lipinski definition) is 1. The smallest absolute Gasteiger partial charge is 0.240 e. The van der Waals surface area contributed by atoms with Gasteiger partial charge in [0.05, 0.1) is 4.90 Å². The van der Waals surface area contributed by atoms with Gasteiger partial charge in [0.2, 0.25) is 10.0 Å². The number of hydrogen-bond acceptors (Lipinski definition) is 3. The molecule has 7 heteroatoms. The van der Waals surface area contributed by atoms with Crippen LogP contribution in [0.2, 0.25) is 10.0 Å². The van der Waals surface area contributed by atoms with Crippen LogP contribution < -0.4 is 4.72 Å². The van der Waals surface area contributed by atoms with E-state index in [0.29, 0.717) is 27.9 Å². The van der Waals surface area contributed by atoms with Gasteiger partial charge in [-0.3, -0.25) is 0 Å². The zero-order chi connectivity index (χ0) is 17.8. The van der Waals surface area contributed by atoms with Gasteiger partial charge in [-0.1, -0.05) is 35.3 Å². The van der Waals surface area contributed by atoms with E-state index in [-0.39, 0.29) is 5.92 Å². The molecule has 0 aromatic heterocycles. The first kappa shape index (κ1) is 17.3. The standard InChI is InChI=1S/C18H18Cl2N2O2S/c1-22-9-15(14-7-13(19)8-17(20)16(14)10-22)12-3-2-11-4-5-21-25(23,24)18(11)6-12/h2-3,6-8,15,21H,4-5,9-10H2,1H3. The first-order valence-electron chi connectivity index (χ1n) is 8.14. The Hall–Kier alpha value is -1.11. The molecule has 4 rings (SSSR count). The summed E-state index contributed by atoms with van der Waals surface area (Å²) in [5.74, 6) is 0.0346. The average Bonchev–Trinajstić information content (AvgIpc) is 2.55. The van der Waals surface area contributed by atoms with E-state index in [0.717, 1.165) is 35.3 Å². The van der Waals surface area contributed by atoms with Gasteiger partial charge in [-0.15, -0.1) is 0 Å². The Kier molecular flexibility index (Phi) is 4.33. The predicted molar refractivity (Wildman–Crippen MR) is 100.0 cm³/mol. The Morgan fingerprint density at radius 2 is 2.00 bits per heavy atom. The number of nitrogens with zero attached hydrogens (tertiary/aromatic N) is 1. The van der Waals surface area contributed by atoms with Crippen molar-refractivity contribution in [2.75, 3.05) is 20.1 Å². The Bertz CT molecular complexity index is 960. The molecule has 0 saturated carbocycles. The van der Waals surface area contributed by atoms with Crippen LogP contribution in [0.15, 0.2) is 35.2 Å². The van der Waals surface area contributed by atoms with Crippen LogP contribution in [0.4, 0.5) is 0 Å². The van der Waals surface area contributed by atoms with Crippen molar-refractivity contribution in [2.24, 2.45) is 0 Å².